The van der Waals surface area contributed by atoms with E-state index in [0.29, 0.717) is 0 Å². The van der Waals surface area contributed by atoms with Gasteiger partial charge in [-0.1, -0.05) is 24.3 Å². The zero-order valence-electron chi connectivity index (χ0n) is 15.3. The average Bonchev–Trinajstić information content (AvgIpc) is 3.01. The highest BCUT2D eigenvalue weighted by Crippen LogP contribution is 2.47. The molecule has 0 fully saturated rings. The van der Waals surface area contributed by atoms with Crippen LogP contribution < -0.4 is 0 Å². The van der Waals surface area contributed by atoms with Crippen molar-refractivity contribution in [1.29, 1.82) is 0 Å². The Balaban J connectivity index is 1.54. The number of thioether (sulfide) groups is 1. The first-order valence-electron chi connectivity index (χ1n) is 9.06. The summed E-state index contributed by atoms with van der Waals surface area (Å²) in [5, 5.41) is 21.9. The second-order valence-electron chi connectivity index (χ2n) is 7.78. The molecule has 2 aromatic rings. The third-order valence-electron chi connectivity index (χ3n) is 6.04. The number of hydrogen-bond donors (Lipinski definition) is 2. The van der Waals surface area contributed by atoms with E-state index >= 15 is 0 Å². The Bertz CT molecular complexity index is 773. The summed E-state index contributed by atoms with van der Waals surface area (Å²) in [5.74, 6) is 0. The van der Waals surface area contributed by atoms with Gasteiger partial charge in [0.1, 0.15) is 0 Å². The van der Waals surface area contributed by atoms with Gasteiger partial charge in [0.25, 0.3) is 0 Å². The Hall–Kier alpha value is -1.29. The maximum atomic E-state index is 10.8. The average molecular weight is 355 g/mol. The first-order valence-corrected chi connectivity index (χ1v) is 10.0. The molecule has 25 heavy (non-hydrogen) atoms. The second kappa shape index (κ2) is 6.15. The molecular formula is C22H26O2S. The van der Waals surface area contributed by atoms with Gasteiger partial charge in [-0.2, -0.15) is 0 Å². The normalized spacial score (nSPS) is 27.4. The Morgan fingerprint density at radius 2 is 1.04 bits per heavy atom. The zero-order chi connectivity index (χ0) is 17.9. The topological polar surface area (TPSA) is 40.5 Å². The van der Waals surface area contributed by atoms with Gasteiger partial charge in [-0.3, -0.25) is 0 Å². The third-order valence-corrected chi connectivity index (χ3v) is 7.59. The molecule has 2 nitrogen and oxygen atoms in total. The summed E-state index contributed by atoms with van der Waals surface area (Å²) in [4.78, 5) is 0. The minimum absolute atomic E-state index is 0.132. The van der Waals surface area contributed by atoms with E-state index in [1.807, 2.05) is 0 Å². The minimum Gasteiger partial charge on any atom is -0.387 e. The van der Waals surface area contributed by atoms with E-state index in [4.69, 9.17) is 0 Å². The van der Waals surface area contributed by atoms with Crippen LogP contribution in [0, 0.1) is 27.7 Å². The summed E-state index contributed by atoms with van der Waals surface area (Å²) in [7, 11) is 0. The fourth-order valence-electron chi connectivity index (χ4n) is 4.23. The quantitative estimate of drug-likeness (QED) is 0.846. The van der Waals surface area contributed by atoms with Gasteiger partial charge in [0.15, 0.2) is 0 Å². The number of aryl methyl sites for hydroxylation is 4. The van der Waals surface area contributed by atoms with Crippen LogP contribution in [0.15, 0.2) is 24.3 Å². The van der Waals surface area contributed by atoms with Crippen molar-refractivity contribution in [1.82, 2.24) is 0 Å². The smallest absolute Gasteiger partial charge is 0.0914 e. The zero-order valence-corrected chi connectivity index (χ0v) is 16.2. The molecule has 0 spiro atoms. The molecule has 4 unspecified atom stereocenters. The van der Waals surface area contributed by atoms with Gasteiger partial charge in [0.05, 0.1) is 12.2 Å². The first kappa shape index (κ1) is 17.1. The molecule has 2 aliphatic carbocycles. The van der Waals surface area contributed by atoms with Crippen molar-refractivity contribution in [3.05, 3.63) is 68.8 Å². The van der Waals surface area contributed by atoms with Gasteiger partial charge < -0.3 is 10.2 Å². The van der Waals surface area contributed by atoms with E-state index in [1.54, 1.807) is 11.8 Å². The van der Waals surface area contributed by atoms with Crippen LogP contribution in [0.2, 0.25) is 0 Å². The lowest BCUT2D eigenvalue weighted by molar-refractivity contribution is 0.177. The summed E-state index contributed by atoms with van der Waals surface area (Å²) in [5.41, 5.74) is 9.75. The predicted molar refractivity (Wildman–Crippen MR) is 104 cm³/mol. The Labute approximate surface area is 154 Å². The van der Waals surface area contributed by atoms with E-state index in [1.165, 1.54) is 33.4 Å². The number of aliphatic hydroxyl groups is 2. The molecule has 4 atom stereocenters. The Morgan fingerprint density at radius 1 is 0.680 bits per heavy atom. The van der Waals surface area contributed by atoms with Crippen LogP contribution in [0.5, 0.6) is 0 Å². The minimum atomic E-state index is -0.432. The monoisotopic (exact) mass is 354 g/mol. The van der Waals surface area contributed by atoms with Crippen LogP contribution >= 0.6 is 11.8 Å². The Kier molecular flexibility index (Phi) is 4.22. The molecule has 2 aromatic carbocycles. The van der Waals surface area contributed by atoms with Gasteiger partial charge in [-0.05, 0) is 85.0 Å². The van der Waals surface area contributed by atoms with E-state index in [-0.39, 0.29) is 10.5 Å². The predicted octanol–water partition coefficient (Wildman–Crippen LogP) is 4.27. The van der Waals surface area contributed by atoms with Gasteiger partial charge >= 0.3 is 0 Å². The summed E-state index contributed by atoms with van der Waals surface area (Å²) >= 11 is 1.77. The molecule has 0 bridgehead atoms. The standard InChI is InChI=1S/C22H26O2S/c1-11-5-15-9-19(21(23)17(15)7-13(11)3)25-20-10-16-6-12(2)14(4)8-18(16)22(20)24/h5-8,19-24H,9-10H2,1-4H3. The van der Waals surface area contributed by atoms with Gasteiger partial charge in [-0.15, -0.1) is 11.8 Å². The molecule has 0 radical (unpaired) electrons. The maximum Gasteiger partial charge on any atom is 0.0914 e. The number of benzene rings is 2. The Morgan fingerprint density at radius 3 is 1.44 bits per heavy atom. The van der Waals surface area contributed by atoms with E-state index < -0.39 is 12.2 Å². The molecule has 2 aliphatic rings. The van der Waals surface area contributed by atoms with Crippen molar-refractivity contribution in [2.45, 2.75) is 63.2 Å². The molecule has 0 aliphatic heterocycles. The molecule has 3 heteroatoms. The lowest BCUT2D eigenvalue weighted by Crippen LogP contribution is -2.18. The molecule has 2 N–H and O–H groups in total. The van der Waals surface area contributed by atoms with Crippen molar-refractivity contribution < 1.29 is 10.2 Å². The van der Waals surface area contributed by atoms with Gasteiger partial charge in [0.2, 0.25) is 0 Å². The van der Waals surface area contributed by atoms with Crippen molar-refractivity contribution >= 4 is 11.8 Å². The highest BCUT2D eigenvalue weighted by atomic mass is 32.2. The molecule has 0 heterocycles. The van der Waals surface area contributed by atoms with E-state index in [9.17, 15) is 10.2 Å². The number of fused-ring (bicyclic) bond motifs is 2. The number of hydrogen-bond acceptors (Lipinski definition) is 3. The van der Waals surface area contributed by atoms with Crippen molar-refractivity contribution in [3.63, 3.8) is 0 Å². The van der Waals surface area contributed by atoms with E-state index in [0.717, 1.165) is 24.0 Å². The highest BCUT2D eigenvalue weighted by Gasteiger charge is 2.38. The molecule has 0 amide bonds. The third kappa shape index (κ3) is 2.83. The SMILES string of the molecule is Cc1cc2c(cc1C)C(O)C(SC1Cc3cc(C)c(C)cc3C1O)C2. The number of rotatable bonds is 2. The van der Waals surface area contributed by atoms with Crippen LogP contribution in [0.3, 0.4) is 0 Å². The molecule has 0 aromatic heterocycles. The maximum absolute atomic E-state index is 10.8. The first-order chi connectivity index (χ1) is 11.8. The summed E-state index contributed by atoms with van der Waals surface area (Å²) in [6.45, 7) is 8.46. The molecule has 4 rings (SSSR count). The molecule has 0 saturated carbocycles. The van der Waals surface area contributed by atoms with Gasteiger partial charge in [-0.25, -0.2) is 0 Å². The van der Waals surface area contributed by atoms with Crippen molar-refractivity contribution in [3.8, 4) is 0 Å². The molecular weight excluding hydrogens is 328 g/mol. The van der Waals surface area contributed by atoms with Crippen molar-refractivity contribution in [2.75, 3.05) is 0 Å². The lowest BCUT2D eigenvalue weighted by atomic mass is 10.0. The van der Waals surface area contributed by atoms with Crippen LogP contribution in [0.4, 0.5) is 0 Å². The van der Waals surface area contributed by atoms with E-state index in [2.05, 4.69) is 52.0 Å². The summed E-state index contributed by atoms with van der Waals surface area (Å²) in [6.07, 6.45) is 0.914. The number of aliphatic hydroxyl groups excluding tert-OH is 2. The summed E-state index contributed by atoms with van der Waals surface area (Å²) in [6, 6.07) is 8.73. The van der Waals surface area contributed by atoms with Crippen LogP contribution in [0.1, 0.15) is 56.7 Å². The molecule has 132 valence electrons. The van der Waals surface area contributed by atoms with Crippen molar-refractivity contribution in [2.24, 2.45) is 0 Å². The lowest BCUT2D eigenvalue weighted by Gasteiger charge is -2.22. The fraction of sp³-hybridized carbons (Fsp3) is 0.455. The van der Waals surface area contributed by atoms with Crippen LogP contribution in [-0.2, 0) is 12.8 Å². The molecule has 0 saturated heterocycles. The highest BCUT2D eigenvalue weighted by molar-refractivity contribution is 8.00. The van der Waals surface area contributed by atoms with Gasteiger partial charge in [0, 0.05) is 10.5 Å². The fourth-order valence-corrected chi connectivity index (χ4v) is 5.82. The van der Waals surface area contributed by atoms with Crippen LogP contribution in [-0.4, -0.2) is 20.7 Å². The van der Waals surface area contributed by atoms with Crippen LogP contribution in [0.25, 0.3) is 0 Å². The largest absolute Gasteiger partial charge is 0.387 e. The summed E-state index contributed by atoms with van der Waals surface area (Å²) < 4.78 is 0. The second-order valence-corrected chi connectivity index (χ2v) is 9.26.